The zero-order chi connectivity index (χ0) is 21.2. The maximum Gasteiger partial charge on any atom is 0.392 e. The van der Waals surface area contributed by atoms with E-state index in [2.05, 4.69) is 22.9 Å². The molecule has 3 rings (SSSR count). The number of halogens is 3. The number of amides is 1. The summed E-state index contributed by atoms with van der Waals surface area (Å²) in [5.74, 6) is -1.49. The van der Waals surface area contributed by atoms with E-state index < -0.39 is 12.1 Å². The number of pyridine rings is 1. The Morgan fingerprint density at radius 1 is 1.38 bits per heavy atom. The maximum absolute atomic E-state index is 12.9. The van der Waals surface area contributed by atoms with Gasteiger partial charge in [0, 0.05) is 28.4 Å². The standard InChI is InChI=1S/C22H25F3N2OS/c1-3-19(29)13(2)27-21(28)16-11-15-5-4-6-18(20(15)26-12-16)14-7-9-17(10-8-14)22(23,24)25/h4-7,11-13,17,19,29H,3,8-10H2,1-2H3,(H,27,28)/t13-,17?,19?/m0/s1. The first-order chi connectivity index (χ1) is 13.7. The van der Waals surface area contributed by atoms with Crippen molar-refractivity contribution in [2.75, 3.05) is 0 Å². The number of rotatable bonds is 5. The Morgan fingerprint density at radius 3 is 2.76 bits per heavy atom. The minimum absolute atomic E-state index is 0.00405. The number of thiol groups is 1. The van der Waals surface area contributed by atoms with Crippen LogP contribution in [0.15, 0.2) is 36.5 Å². The molecule has 1 aliphatic rings. The molecule has 3 atom stereocenters. The normalized spacial score (nSPS) is 19.5. The Balaban J connectivity index is 1.84. The van der Waals surface area contributed by atoms with Gasteiger partial charge in [0.15, 0.2) is 0 Å². The van der Waals surface area contributed by atoms with Crippen molar-refractivity contribution in [1.29, 1.82) is 0 Å². The lowest BCUT2D eigenvalue weighted by Crippen LogP contribution is -2.38. The summed E-state index contributed by atoms with van der Waals surface area (Å²) in [4.78, 5) is 17.0. The third-order valence-electron chi connectivity index (χ3n) is 5.55. The van der Waals surface area contributed by atoms with Crippen LogP contribution in [0, 0.1) is 5.92 Å². The topological polar surface area (TPSA) is 42.0 Å². The molecule has 0 spiro atoms. The van der Waals surface area contributed by atoms with Crippen LogP contribution in [-0.4, -0.2) is 28.4 Å². The van der Waals surface area contributed by atoms with Crippen LogP contribution in [0.5, 0.6) is 0 Å². The van der Waals surface area contributed by atoms with E-state index in [1.54, 1.807) is 12.1 Å². The average Bonchev–Trinajstić information content (AvgIpc) is 2.71. The highest BCUT2D eigenvalue weighted by Crippen LogP contribution is 2.40. The second-order valence-corrected chi connectivity index (χ2v) is 8.24. The number of alkyl halides is 3. The number of nitrogens with one attached hydrogen (secondary N) is 1. The number of nitrogens with zero attached hydrogens (tertiary/aromatic N) is 1. The monoisotopic (exact) mass is 422 g/mol. The molecule has 0 saturated heterocycles. The molecule has 156 valence electrons. The van der Waals surface area contributed by atoms with E-state index in [1.807, 2.05) is 32.0 Å². The van der Waals surface area contributed by atoms with Gasteiger partial charge in [0.05, 0.1) is 17.0 Å². The SMILES string of the molecule is CCC(S)[C@H](C)NC(=O)c1cnc2c(C3=CCC(C(F)(F)F)CC3)cccc2c1. The first kappa shape index (κ1) is 21.7. The number of benzene rings is 1. The fourth-order valence-electron chi connectivity index (χ4n) is 3.66. The lowest BCUT2D eigenvalue weighted by atomic mass is 9.85. The van der Waals surface area contributed by atoms with Crippen molar-refractivity contribution >= 4 is 35.0 Å². The van der Waals surface area contributed by atoms with Crippen LogP contribution in [0.1, 0.15) is 55.5 Å². The highest BCUT2D eigenvalue weighted by Gasteiger charge is 2.39. The molecule has 1 aromatic carbocycles. The van der Waals surface area contributed by atoms with Gasteiger partial charge in [0.25, 0.3) is 5.91 Å². The number of carbonyl (C=O) groups is 1. The van der Waals surface area contributed by atoms with Crippen molar-refractivity contribution in [3.05, 3.63) is 47.7 Å². The van der Waals surface area contributed by atoms with Crippen molar-refractivity contribution in [2.45, 2.75) is 57.0 Å². The van der Waals surface area contributed by atoms with Crippen LogP contribution < -0.4 is 5.32 Å². The summed E-state index contributed by atoms with van der Waals surface area (Å²) >= 11 is 4.46. The van der Waals surface area contributed by atoms with Crippen molar-refractivity contribution in [3.8, 4) is 0 Å². The van der Waals surface area contributed by atoms with Gasteiger partial charge in [-0.05, 0) is 44.2 Å². The van der Waals surface area contributed by atoms with Crippen LogP contribution >= 0.6 is 12.6 Å². The fourth-order valence-corrected chi connectivity index (χ4v) is 3.73. The number of carbonyl (C=O) groups excluding carboxylic acids is 1. The van der Waals surface area contributed by atoms with Crippen LogP contribution in [0.2, 0.25) is 0 Å². The molecule has 0 radical (unpaired) electrons. The Morgan fingerprint density at radius 2 is 2.14 bits per heavy atom. The van der Waals surface area contributed by atoms with E-state index >= 15 is 0 Å². The van der Waals surface area contributed by atoms with E-state index in [4.69, 9.17) is 0 Å². The molecule has 2 unspecified atom stereocenters. The lowest BCUT2D eigenvalue weighted by molar-refractivity contribution is -0.175. The number of fused-ring (bicyclic) bond motifs is 1. The number of hydrogen-bond donors (Lipinski definition) is 2. The second kappa shape index (κ2) is 8.78. The van der Waals surface area contributed by atoms with E-state index in [9.17, 15) is 18.0 Å². The van der Waals surface area contributed by atoms with E-state index in [1.165, 1.54) is 6.20 Å². The maximum atomic E-state index is 12.9. The summed E-state index contributed by atoms with van der Waals surface area (Å²) in [5, 5.41) is 3.79. The number of hydrogen-bond acceptors (Lipinski definition) is 3. The third kappa shape index (κ3) is 4.94. The summed E-state index contributed by atoms with van der Waals surface area (Å²) in [7, 11) is 0. The zero-order valence-electron chi connectivity index (χ0n) is 16.5. The van der Waals surface area contributed by atoms with Crippen molar-refractivity contribution < 1.29 is 18.0 Å². The van der Waals surface area contributed by atoms with Crippen molar-refractivity contribution in [2.24, 2.45) is 5.92 Å². The largest absolute Gasteiger partial charge is 0.392 e. The van der Waals surface area contributed by atoms with E-state index in [-0.39, 0.29) is 30.0 Å². The summed E-state index contributed by atoms with van der Waals surface area (Å²) in [6.45, 7) is 3.92. The third-order valence-corrected chi connectivity index (χ3v) is 6.36. The van der Waals surface area contributed by atoms with Gasteiger partial charge < -0.3 is 5.32 Å². The van der Waals surface area contributed by atoms with Gasteiger partial charge in [-0.25, -0.2) is 0 Å². The molecular formula is C22H25F3N2OS. The molecule has 3 nitrogen and oxygen atoms in total. The van der Waals surface area contributed by atoms with Gasteiger partial charge >= 0.3 is 6.18 Å². The molecule has 0 saturated carbocycles. The quantitative estimate of drug-likeness (QED) is 0.598. The van der Waals surface area contributed by atoms with Gasteiger partial charge in [-0.2, -0.15) is 25.8 Å². The van der Waals surface area contributed by atoms with Gasteiger partial charge in [-0.15, -0.1) is 0 Å². The summed E-state index contributed by atoms with van der Waals surface area (Å²) in [5.41, 5.74) is 2.88. The van der Waals surface area contributed by atoms with Crippen LogP contribution in [0.4, 0.5) is 13.2 Å². The molecule has 0 aliphatic heterocycles. The predicted molar refractivity (Wildman–Crippen MR) is 113 cm³/mol. The summed E-state index contributed by atoms with van der Waals surface area (Å²) in [6, 6.07) is 7.29. The molecule has 0 fully saturated rings. The minimum atomic E-state index is -4.15. The predicted octanol–water partition coefficient (Wildman–Crippen LogP) is 5.81. The molecule has 29 heavy (non-hydrogen) atoms. The number of allylic oxidation sites excluding steroid dienone is 2. The molecule has 7 heteroatoms. The smallest absolute Gasteiger partial charge is 0.348 e. The zero-order valence-corrected chi connectivity index (χ0v) is 17.4. The molecule has 1 aromatic heterocycles. The number of aromatic nitrogens is 1. The molecule has 0 bridgehead atoms. The first-order valence-corrected chi connectivity index (χ1v) is 10.4. The molecule has 1 amide bonds. The van der Waals surface area contributed by atoms with Crippen LogP contribution in [0.3, 0.4) is 0 Å². The van der Waals surface area contributed by atoms with Crippen molar-refractivity contribution in [3.63, 3.8) is 0 Å². The van der Waals surface area contributed by atoms with E-state index in [0.29, 0.717) is 17.5 Å². The van der Waals surface area contributed by atoms with Crippen molar-refractivity contribution in [1.82, 2.24) is 10.3 Å². The summed E-state index contributed by atoms with van der Waals surface area (Å²) < 4.78 is 38.8. The minimum Gasteiger partial charge on any atom is -0.348 e. The Bertz CT molecular complexity index is 926. The van der Waals surface area contributed by atoms with Gasteiger partial charge in [0.1, 0.15) is 0 Å². The average molecular weight is 423 g/mol. The fraction of sp³-hybridized carbons (Fsp3) is 0.455. The highest BCUT2D eigenvalue weighted by molar-refractivity contribution is 7.81. The highest BCUT2D eigenvalue weighted by atomic mass is 32.1. The summed E-state index contributed by atoms with van der Waals surface area (Å²) in [6.07, 6.45) is 0.344. The van der Waals surface area contributed by atoms with Crippen LogP contribution in [-0.2, 0) is 0 Å². The molecule has 1 N–H and O–H groups in total. The molecule has 1 aliphatic carbocycles. The molecule has 1 heterocycles. The Kier molecular flexibility index (Phi) is 6.56. The molecule has 2 aromatic rings. The van der Waals surface area contributed by atoms with Gasteiger partial charge in [-0.1, -0.05) is 31.2 Å². The number of para-hydroxylation sites is 1. The van der Waals surface area contributed by atoms with E-state index in [0.717, 1.165) is 22.9 Å². The lowest BCUT2D eigenvalue weighted by Gasteiger charge is -2.24. The Labute approximate surface area is 174 Å². The first-order valence-electron chi connectivity index (χ1n) is 9.84. The second-order valence-electron chi connectivity index (χ2n) is 7.58. The van der Waals surface area contributed by atoms with Gasteiger partial charge in [0.2, 0.25) is 0 Å². The molecular weight excluding hydrogens is 397 g/mol. The van der Waals surface area contributed by atoms with Gasteiger partial charge in [-0.3, -0.25) is 9.78 Å². The Hall–Kier alpha value is -2.02. The van der Waals surface area contributed by atoms with Crippen LogP contribution in [0.25, 0.3) is 16.5 Å².